The minimum Gasteiger partial charge on any atom is -0.492 e. The molecule has 0 aliphatic rings. The van der Waals surface area contributed by atoms with Gasteiger partial charge in [0, 0.05) is 6.54 Å². The van der Waals surface area contributed by atoms with E-state index in [0.29, 0.717) is 10.2 Å². The van der Waals surface area contributed by atoms with Crippen molar-refractivity contribution in [2.24, 2.45) is 11.7 Å². The number of hydrogen-bond acceptors (Lipinski definition) is 2. The van der Waals surface area contributed by atoms with Crippen LogP contribution in [-0.4, -0.2) is 19.3 Å². The van der Waals surface area contributed by atoms with Crippen LogP contribution in [0.2, 0.25) is 0 Å². The Labute approximate surface area is 99.7 Å². The maximum atomic E-state index is 12.4. The van der Waals surface area contributed by atoms with Gasteiger partial charge in [0.05, 0.1) is 4.47 Å². The molecule has 0 amide bonds. The zero-order valence-corrected chi connectivity index (χ0v) is 9.88. The van der Waals surface area contributed by atoms with Crippen LogP contribution in [0.1, 0.15) is 0 Å². The number of benzene rings is 1. The van der Waals surface area contributed by atoms with Crippen molar-refractivity contribution in [3.8, 4) is 5.75 Å². The molecule has 0 aliphatic carbocycles. The molecule has 2 nitrogen and oxygen atoms in total. The SMILES string of the molecule is NCC(COc1ccccc1Br)C(F)(F)F. The van der Waals surface area contributed by atoms with Crippen molar-refractivity contribution >= 4 is 15.9 Å². The first kappa shape index (κ1) is 13.3. The van der Waals surface area contributed by atoms with Gasteiger partial charge in [0.2, 0.25) is 0 Å². The normalized spacial score (nSPS) is 13.6. The summed E-state index contributed by atoms with van der Waals surface area (Å²) in [6.45, 7) is -0.948. The Morgan fingerprint density at radius 3 is 2.44 bits per heavy atom. The number of ether oxygens (including phenoxy) is 1. The highest BCUT2D eigenvalue weighted by molar-refractivity contribution is 9.10. The van der Waals surface area contributed by atoms with Gasteiger partial charge in [-0.1, -0.05) is 12.1 Å². The molecule has 90 valence electrons. The highest BCUT2D eigenvalue weighted by Crippen LogP contribution is 2.28. The first-order valence-corrected chi connectivity index (χ1v) is 5.38. The molecule has 0 aromatic heterocycles. The van der Waals surface area contributed by atoms with Crippen LogP contribution in [0.4, 0.5) is 13.2 Å². The van der Waals surface area contributed by atoms with Crippen LogP contribution in [0.15, 0.2) is 28.7 Å². The minimum absolute atomic E-state index is 0.380. The Morgan fingerprint density at radius 1 is 1.31 bits per heavy atom. The van der Waals surface area contributed by atoms with E-state index >= 15 is 0 Å². The molecule has 1 rings (SSSR count). The van der Waals surface area contributed by atoms with E-state index < -0.39 is 25.2 Å². The van der Waals surface area contributed by atoms with E-state index in [1.165, 1.54) is 0 Å². The highest BCUT2D eigenvalue weighted by Gasteiger charge is 2.39. The van der Waals surface area contributed by atoms with E-state index in [1.54, 1.807) is 24.3 Å². The Morgan fingerprint density at radius 2 is 1.94 bits per heavy atom. The summed E-state index contributed by atoms with van der Waals surface area (Å²) < 4.78 is 42.7. The van der Waals surface area contributed by atoms with Crippen molar-refractivity contribution < 1.29 is 17.9 Å². The molecule has 0 fully saturated rings. The summed E-state index contributed by atoms with van der Waals surface area (Å²) in [5, 5.41) is 0. The van der Waals surface area contributed by atoms with Crippen molar-refractivity contribution in [1.82, 2.24) is 0 Å². The van der Waals surface area contributed by atoms with E-state index in [2.05, 4.69) is 15.9 Å². The summed E-state index contributed by atoms with van der Waals surface area (Å²) in [5.74, 6) is -1.26. The lowest BCUT2D eigenvalue weighted by molar-refractivity contribution is -0.178. The van der Waals surface area contributed by atoms with Crippen molar-refractivity contribution in [2.45, 2.75) is 6.18 Å². The van der Waals surface area contributed by atoms with Crippen LogP contribution in [0.3, 0.4) is 0 Å². The molecule has 0 saturated heterocycles. The predicted octanol–water partition coefficient (Wildman–Crippen LogP) is 2.97. The highest BCUT2D eigenvalue weighted by atomic mass is 79.9. The topological polar surface area (TPSA) is 35.2 Å². The fourth-order valence-electron chi connectivity index (χ4n) is 1.05. The molecule has 0 bridgehead atoms. The molecule has 0 aliphatic heterocycles. The molecule has 2 N–H and O–H groups in total. The number of alkyl halides is 3. The van der Waals surface area contributed by atoms with Crippen LogP contribution in [0.5, 0.6) is 5.75 Å². The Hall–Kier alpha value is -0.750. The zero-order valence-electron chi connectivity index (χ0n) is 8.30. The number of hydrogen-bond donors (Lipinski definition) is 1. The smallest absolute Gasteiger partial charge is 0.396 e. The average Bonchev–Trinajstić information content (AvgIpc) is 2.19. The van der Waals surface area contributed by atoms with Gasteiger partial charge >= 0.3 is 6.18 Å². The van der Waals surface area contributed by atoms with Crippen molar-refractivity contribution in [3.63, 3.8) is 0 Å². The fourth-order valence-corrected chi connectivity index (χ4v) is 1.45. The van der Waals surface area contributed by atoms with Gasteiger partial charge < -0.3 is 10.5 Å². The van der Waals surface area contributed by atoms with Crippen LogP contribution in [0.25, 0.3) is 0 Å². The molecule has 0 heterocycles. The molecular weight excluding hydrogens is 287 g/mol. The quantitative estimate of drug-likeness (QED) is 0.927. The summed E-state index contributed by atoms with van der Waals surface area (Å²) in [6, 6.07) is 6.72. The van der Waals surface area contributed by atoms with Gasteiger partial charge in [0.15, 0.2) is 0 Å². The van der Waals surface area contributed by atoms with Crippen LogP contribution < -0.4 is 10.5 Å². The van der Waals surface area contributed by atoms with E-state index in [-0.39, 0.29) is 0 Å². The summed E-state index contributed by atoms with van der Waals surface area (Å²) in [7, 11) is 0. The molecule has 1 aromatic carbocycles. The van der Waals surface area contributed by atoms with Gasteiger partial charge in [-0.2, -0.15) is 13.2 Å². The van der Waals surface area contributed by atoms with Crippen LogP contribution in [0, 0.1) is 5.92 Å². The van der Waals surface area contributed by atoms with Gasteiger partial charge in [-0.3, -0.25) is 0 Å². The third kappa shape index (κ3) is 3.68. The second-order valence-electron chi connectivity index (χ2n) is 3.22. The summed E-state index contributed by atoms with van der Waals surface area (Å²) in [6.07, 6.45) is -4.32. The molecule has 6 heteroatoms. The third-order valence-electron chi connectivity index (χ3n) is 2.02. The number of para-hydroxylation sites is 1. The molecule has 1 aromatic rings. The van der Waals surface area contributed by atoms with Crippen molar-refractivity contribution in [3.05, 3.63) is 28.7 Å². The lowest BCUT2D eigenvalue weighted by Gasteiger charge is -2.19. The maximum absolute atomic E-state index is 12.4. The van der Waals surface area contributed by atoms with E-state index in [9.17, 15) is 13.2 Å². The van der Waals surface area contributed by atoms with Gasteiger partial charge in [0.25, 0.3) is 0 Å². The summed E-state index contributed by atoms with van der Waals surface area (Å²) >= 11 is 3.18. The number of nitrogens with two attached hydrogens (primary N) is 1. The largest absolute Gasteiger partial charge is 0.492 e. The third-order valence-corrected chi connectivity index (χ3v) is 2.68. The molecule has 0 saturated carbocycles. The first-order valence-electron chi connectivity index (χ1n) is 4.59. The van der Waals surface area contributed by atoms with Gasteiger partial charge in [-0.15, -0.1) is 0 Å². The predicted molar refractivity (Wildman–Crippen MR) is 58.2 cm³/mol. The molecule has 16 heavy (non-hydrogen) atoms. The zero-order chi connectivity index (χ0) is 12.2. The Balaban J connectivity index is 2.60. The lowest BCUT2D eigenvalue weighted by atomic mass is 10.1. The molecule has 0 radical (unpaired) electrons. The summed E-state index contributed by atoms with van der Waals surface area (Å²) in [4.78, 5) is 0. The monoisotopic (exact) mass is 297 g/mol. The standard InChI is InChI=1S/C10H11BrF3NO/c11-8-3-1-2-4-9(8)16-6-7(5-15)10(12,13)14/h1-4,7H,5-6,15H2. The molecular formula is C10H11BrF3NO. The summed E-state index contributed by atoms with van der Waals surface area (Å²) in [5.41, 5.74) is 5.05. The first-order chi connectivity index (χ1) is 7.45. The second-order valence-corrected chi connectivity index (χ2v) is 4.07. The van der Waals surface area contributed by atoms with Gasteiger partial charge in [-0.05, 0) is 28.1 Å². The van der Waals surface area contributed by atoms with E-state index in [1.807, 2.05) is 0 Å². The van der Waals surface area contributed by atoms with Crippen LogP contribution in [-0.2, 0) is 0 Å². The van der Waals surface area contributed by atoms with Gasteiger partial charge in [0.1, 0.15) is 18.3 Å². The molecule has 0 spiro atoms. The van der Waals surface area contributed by atoms with E-state index in [4.69, 9.17) is 10.5 Å². The fraction of sp³-hybridized carbons (Fsp3) is 0.400. The van der Waals surface area contributed by atoms with Crippen LogP contribution >= 0.6 is 15.9 Å². The Bertz CT molecular complexity index is 343. The second kappa shape index (κ2) is 5.54. The van der Waals surface area contributed by atoms with E-state index in [0.717, 1.165) is 0 Å². The number of rotatable bonds is 4. The van der Waals surface area contributed by atoms with Crippen molar-refractivity contribution in [1.29, 1.82) is 0 Å². The average molecular weight is 298 g/mol. The van der Waals surface area contributed by atoms with Crippen molar-refractivity contribution in [2.75, 3.05) is 13.2 Å². The Kier molecular flexibility index (Phi) is 4.61. The van der Waals surface area contributed by atoms with Gasteiger partial charge in [-0.25, -0.2) is 0 Å². The number of halogens is 4. The lowest BCUT2D eigenvalue weighted by Crippen LogP contribution is -2.35. The minimum atomic E-state index is -4.32. The molecule has 1 atom stereocenters. The molecule has 1 unspecified atom stereocenters. The maximum Gasteiger partial charge on any atom is 0.396 e.